The molecular weight excluding hydrogens is 311 g/mol. The average Bonchev–Trinajstić information content (AvgIpc) is 3.04. The molecule has 0 saturated carbocycles. The lowest BCUT2D eigenvalue weighted by molar-refractivity contribution is -0.136. The summed E-state index contributed by atoms with van der Waals surface area (Å²) in [5, 5.41) is 0. The number of fused-ring (bicyclic) bond motifs is 1. The molecule has 0 bridgehead atoms. The summed E-state index contributed by atoms with van der Waals surface area (Å²) in [5.41, 5.74) is 1.35. The van der Waals surface area contributed by atoms with Crippen LogP contribution in [0.5, 0.6) is 5.75 Å². The van der Waals surface area contributed by atoms with Gasteiger partial charge < -0.3 is 14.0 Å². The van der Waals surface area contributed by atoms with Crippen LogP contribution in [0, 0.1) is 5.82 Å². The number of carbonyl (C=O) groups excluding carboxylic acids is 1. The molecule has 2 heterocycles. The van der Waals surface area contributed by atoms with Crippen LogP contribution in [0.15, 0.2) is 30.5 Å². The van der Waals surface area contributed by atoms with Crippen LogP contribution in [-0.2, 0) is 16.0 Å². The topological polar surface area (TPSA) is 53.4 Å². The van der Waals surface area contributed by atoms with Crippen LogP contribution in [0.25, 0.3) is 23.5 Å². The quantitative estimate of drug-likeness (QED) is 0.808. The standard InChI is InChI=1S/C18H17FN2O3/c1-4-16-20-14(9-21(16)5-2)12-6-7-15-13(17(12)19)8-11(10-24-15)18(22)23-3/h5-9H,2,4,10H2,1,3H3. The van der Waals surface area contributed by atoms with Gasteiger partial charge in [0.05, 0.1) is 23.9 Å². The lowest BCUT2D eigenvalue weighted by atomic mass is 10.0. The molecule has 6 heteroatoms. The lowest BCUT2D eigenvalue weighted by Crippen LogP contribution is -2.16. The third kappa shape index (κ3) is 2.60. The van der Waals surface area contributed by atoms with Gasteiger partial charge in [0.25, 0.3) is 0 Å². The molecule has 1 aromatic heterocycles. The van der Waals surface area contributed by atoms with Crippen molar-refractivity contribution in [1.29, 1.82) is 0 Å². The molecule has 1 aromatic carbocycles. The molecule has 0 radical (unpaired) electrons. The Bertz CT molecular complexity index is 852. The molecule has 0 N–H and O–H groups in total. The molecule has 5 nitrogen and oxygen atoms in total. The number of methoxy groups -OCH3 is 1. The summed E-state index contributed by atoms with van der Waals surface area (Å²) in [5.74, 6) is 0.168. The molecule has 24 heavy (non-hydrogen) atoms. The number of halogens is 1. The minimum atomic E-state index is -0.533. The number of rotatable bonds is 4. The predicted molar refractivity (Wildman–Crippen MR) is 88.9 cm³/mol. The third-order valence-corrected chi connectivity index (χ3v) is 3.89. The number of hydrogen-bond acceptors (Lipinski definition) is 4. The number of hydrogen-bond donors (Lipinski definition) is 0. The Morgan fingerprint density at radius 1 is 1.54 bits per heavy atom. The van der Waals surface area contributed by atoms with E-state index in [0.29, 0.717) is 23.4 Å². The summed E-state index contributed by atoms with van der Waals surface area (Å²) in [6.07, 6.45) is 5.53. The van der Waals surface area contributed by atoms with E-state index in [-0.39, 0.29) is 17.7 Å². The lowest BCUT2D eigenvalue weighted by Gasteiger charge is -2.18. The van der Waals surface area contributed by atoms with E-state index in [4.69, 9.17) is 4.74 Å². The van der Waals surface area contributed by atoms with E-state index >= 15 is 0 Å². The van der Waals surface area contributed by atoms with Gasteiger partial charge in [-0.05, 0) is 18.2 Å². The summed E-state index contributed by atoms with van der Waals surface area (Å²) in [7, 11) is 1.28. The van der Waals surface area contributed by atoms with Gasteiger partial charge in [0.15, 0.2) is 0 Å². The Hall–Kier alpha value is -2.89. The smallest absolute Gasteiger partial charge is 0.337 e. The second-order valence-electron chi connectivity index (χ2n) is 5.27. The Morgan fingerprint density at radius 3 is 2.96 bits per heavy atom. The highest BCUT2D eigenvalue weighted by molar-refractivity contribution is 5.95. The summed E-state index contributed by atoms with van der Waals surface area (Å²) >= 11 is 0. The van der Waals surface area contributed by atoms with Gasteiger partial charge in [-0.1, -0.05) is 13.5 Å². The highest BCUT2D eigenvalue weighted by Gasteiger charge is 2.23. The first-order valence-electron chi connectivity index (χ1n) is 7.53. The van der Waals surface area contributed by atoms with Crippen molar-refractivity contribution in [3.05, 3.63) is 47.7 Å². The largest absolute Gasteiger partial charge is 0.488 e. The maximum Gasteiger partial charge on any atom is 0.337 e. The normalized spacial score (nSPS) is 12.9. The molecular formula is C18H17FN2O3. The Kier molecular flexibility index (Phi) is 4.20. The first kappa shape index (κ1) is 16.0. The summed E-state index contributed by atoms with van der Waals surface area (Å²) in [6.45, 7) is 5.75. The van der Waals surface area contributed by atoms with E-state index in [2.05, 4.69) is 16.3 Å². The third-order valence-electron chi connectivity index (χ3n) is 3.89. The molecule has 1 aliphatic rings. The van der Waals surface area contributed by atoms with E-state index in [0.717, 1.165) is 5.82 Å². The number of aryl methyl sites for hydroxylation is 1. The molecule has 0 spiro atoms. The number of nitrogens with zero attached hydrogens (tertiary/aromatic N) is 2. The molecule has 3 rings (SSSR count). The van der Waals surface area contributed by atoms with Crippen molar-refractivity contribution >= 4 is 18.2 Å². The van der Waals surface area contributed by atoms with Crippen LogP contribution in [0.4, 0.5) is 4.39 Å². The zero-order valence-corrected chi connectivity index (χ0v) is 13.5. The highest BCUT2D eigenvalue weighted by atomic mass is 19.1. The number of ether oxygens (including phenoxy) is 2. The van der Waals surface area contributed by atoms with Crippen LogP contribution >= 0.6 is 0 Å². The van der Waals surface area contributed by atoms with Crippen LogP contribution in [-0.4, -0.2) is 29.2 Å². The predicted octanol–water partition coefficient (Wildman–Crippen LogP) is 3.30. The van der Waals surface area contributed by atoms with Crippen LogP contribution in [0.1, 0.15) is 18.3 Å². The van der Waals surface area contributed by atoms with E-state index in [1.165, 1.54) is 13.2 Å². The van der Waals surface area contributed by atoms with Crippen molar-refractivity contribution in [3.8, 4) is 17.0 Å². The minimum absolute atomic E-state index is 0.0591. The van der Waals surface area contributed by atoms with Crippen molar-refractivity contribution in [3.63, 3.8) is 0 Å². The van der Waals surface area contributed by atoms with Crippen molar-refractivity contribution in [1.82, 2.24) is 9.55 Å². The number of carbonyl (C=O) groups is 1. The molecule has 0 amide bonds. The van der Waals surface area contributed by atoms with Crippen LogP contribution < -0.4 is 4.74 Å². The molecule has 0 fully saturated rings. The fourth-order valence-electron chi connectivity index (χ4n) is 2.64. The van der Waals surface area contributed by atoms with Gasteiger partial charge in [0, 0.05) is 24.4 Å². The van der Waals surface area contributed by atoms with Gasteiger partial charge in [0.1, 0.15) is 24.0 Å². The van der Waals surface area contributed by atoms with Gasteiger partial charge in [0.2, 0.25) is 0 Å². The molecule has 0 atom stereocenters. The summed E-state index contributed by atoms with van der Waals surface area (Å²) < 4.78 is 26.9. The minimum Gasteiger partial charge on any atom is -0.488 e. The monoisotopic (exact) mass is 328 g/mol. The SMILES string of the molecule is C=Cn1cc(-c2ccc3c(c2F)C=C(C(=O)OC)CO3)nc1CC. The van der Waals surface area contributed by atoms with E-state index < -0.39 is 11.8 Å². The maximum atomic E-state index is 15.0. The van der Waals surface area contributed by atoms with Gasteiger partial charge in [-0.25, -0.2) is 14.2 Å². The zero-order valence-electron chi connectivity index (χ0n) is 13.5. The van der Waals surface area contributed by atoms with Crippen molar-refractivity contribution in [2.75, 3.05) is 13.7 Å². The molecule has 0 aliphatic carbocycles. The zero-order chi connectivity index (χ0) is 17.3. The Morgan fingerprint density at radius 2 is 2.33 bits per heavy atom. The highest BCUT2D eigenvalue weighted by Crippen LogP contribution is 2.34. The second kappa shape index (κ2) is 6.31. The van der Waals surface area contributed by atoms with Gasteiger partial charge in [-0.15, -0.1) is 0 Å². The molecule has 0 saturated heterocycles. The van der Waals surface area contributed by atoms with E-state index in [1.807, 2.05) is 6.92 Å². The molecule has 2 aromatic rings. The first-order valence-corrected chi connectivity index (χ1v) is 7.53. The number of esters is 1. The Balaban J connectivity index is 2.10. The van der Waals surface area contributed by atoms with Crippen molar-refractivity contribution in [2.24, 2.45) is 0 Å². The molecule has 124 valence electrons. The van der Waals surface area contributed by atoms with Gasteiger partial charge in [-0.2, -0.15) is 0 Å². The molecule has 0 unspecified atom stereocenters. The van der Waals surface area contributed by atoms with E-state index in [9.17, 15) is 9.18 Å². The number of benzene rings is 1. The van der Waals surface area contributed by atoms with Gasteiger partial charge >= 0.3 is 5.97 Å². The first-order chi connectivity index (χ1) is 11.6. The summed E-state index contributed by atoms with van der Waals surface area (Å²) in [6, 6.07) is 3.30. The second-order valence-corrected chi connectivity index (χ2v) is 5.27. The van der Waals surface area contributed by atoms with Gasteiger partial charge in [-0.3, -0.25) is 0 Å². The van der Waals surface area contributed by atoms with E-state index in [1.54, 1.807) is 29.1 Å². The van der Waals surface area contributed by atoms with Crippen LogP contribution in [0.2, 0.25) is 0 Å². The van der Waals surface area contributed by atoms with Crippen LogP contribution in [0.3, 0.4) is 0 Å². The fraction of sp³-hybridized carbons (Fsp3) is 0.222. The van der Waals surface area contributed by atoms with Crippen molar-refractivity contribution in [2.45, 2.75) is 13.3 Å². The summed E-state index contributed by atoms with van der Waals surface area (Å²) in [4.78, 5) is 16.1. The maximum absolute atomic E-state index is 15.0. The fourth-order valence-corrected chi connectivity index (χ4v) is 2.64. The molecule has 1 aliphatic heterocycles. The number of aromatic nitrogens is 2. The number of imidazole rings is 1. The van der Waals surface area contributed by atoms with Crippen molar-refractivity contribution < 1.29 is 18.7 Å². The average molecular weight is 328 g/mol. The Labute approximate surface area is 139 Å².